The highest BCUT2D eigenvalue weighted by atomic mass is 16.6. The van der Waals surface area contributed by atoms with Crippen molar-refractivity contribution in [2.45, 2.75) is 57.1 Å². The number of nitrogen functional groups attached to an aromatic ring is 1. The van der Waals surface area contributed by atoms with E-state index < -0.39 is 24.5 Å². The summed E-state index contributed by atoms with van der Waals surface area (Å²) in [6, 6.07) is 8.00. The number of anilines is 1. The first-order chi connectivity index (χ1) is 17.0. The van der Waals surface area contributed by atoms with Crippen LogP contribution in [0.1, 0.15) is 38.1 Å². The lowest BCUT2D eigenvalue weighted by atomic mass is 9.86. The molecule has 194 valence electrons. The highest BCUT2D eigenvalue weighted by Crippen LogP contribution is 2.32. The van der Waals surface area contributed by atoms with E-state index in [9.17, 15) is 15.0 Å². The van der Waals surface area contributed by atoms with Crippen molar-refractivity contribution in [1.29, 1.82) is 0 Å². The molecule has 0 saturated carbocycles. The lowest BCUT2D eigenvalue weighted by molar-refractivity contribution is -0.143. The van der Waals surface area contributed by atoms with E-state index in [2.05, 4.69) is 35.7 Å². The van der Waals surface area contributed by atoms with Gasteiger partial charge >= 0.3 is 5.97 Å². The van der Waals surface area contributed by atoms with Crippen LogP contribution in [0, 0.1) is 0 Å². The maximum absolute atomic E-state index is 12.3. The van der Waals surface area contributed by atoms with Crippen LogP contribution in [-0.4, -0.2) is 85.7 Å². The summed E-state index contributed by atoms with van der Waals surface area (Å²) in [4.78, 5) is 26.4. The molecule has 4 N–H and O–H groups in total. The van der Waals surface area contributed by atoms with Gasteiger partial charge in [0.25, 0.3) is 0 Å². The number of imidazole rings is 1. The second-order valence-corrected chi connectivity index (χ2v) is 10.2. The van der Waals surface area contributed by atoms with Gasteiger partial charge < -0.3 is 30.3 Å². The van der Waals surface area contributed by atoms with Gasteiger partial charge in [0.1, 0.15) is 36.8 Å². The van der Waals surface area contributed by atoms with Crippen LogP contribution in [-0.2, 0) is 26.1 Å². The zero-order valence-electron chi connectivity index (χ0n) is 21.0. The summed E-state index contributed by atoms with van der Waals surface area (Å²) < 4.78 is 12.9. The van der Waals surface area contributed by atoms with Gasteiger partial charge in [-0.15, -0.1) is 0 Å². The van der Waals surface area contributed by atoms with Crippen LogP contribution in [0.2, 0.25) is 0 Å². The number of aliphatic hydroxyl groups is 2. The first-order valence-corrected chi connectivity index (χ1v) is 11.9. The van der Waals surface area contributed by atoms with Gasteiger partial charge in [0.05, 0.1) is 12.7 Å². The average Bonchev–Trinajstić information content (AvgIpc) is 3.36. The third-order valence-electron chi connectivity index (χ3n) is 6.39. The fourth-order valence-electron chi connectivity index (χ4n) is 4.22. The minimum Gasteiger partial charge on any atom is -0.464 e. The Kier molecular flexibility index (Phi) is 7.55. The maximum Gasteiger partial charge on any atom is 0.310 e. The fraction of sp³-hybridized carbons (Fsp3) is 0.520. The van der Waals surface area contributed by atoms with Gasteiger partial charge in [-0.25, -0.2) is 15.0 Å². The number of esters is 1. The molecular formula is C25H34N6O5. The molecule has 1 saturated heterocycles. The van der Waals surface area contributed by atoms with E-state index >= 15 is 0 Å². The summed E-state index contributed by atoms with van der Waals surface area (Å²) in [6.07, 6.45) is -0.866. The Morgan fingerprint density at radius 1 is 1.17 bits per heavy atom. The predicted molar refractivity (Wildman–Crippen MR) is 133 cm³/mol. The summed E-state index contributed by atoms with van der Waals surface area (Å²) in [5.74, 6) is -0.0765. The fourth-order valence-corrected chi connectivity index (χ4v) is 4.22. The number of hydrogen-bond donors (Lipinski definition) is 3. The summed E-state index contributed by atoms with van der Waals surface area (Å²) >= 11 is 0. The van der Waals surface area contributed by atoms with Crippen molar-refractivity contribution in [3.8, 4) is 0 Å². The van der Waals surface area contributed by atoms with Crippen molar-refractivity contribution in [3.05, 3.63) is 48.0 Å². The van der Waals surface area contributed by atoms with Crippen molar-refractivity contribution in [2.24, 2.45) is 0 Å². The Labute approximate surface area is 209 Å². The lowest BCUT2D eigenvalue weighted by Gasteiger charge is -2.22. The number of carbonyl (C=O) groups is 1. The summed E-state index contributed by atoms with van der Waals surface area (Å²) in [7, 11) is 1.83. The molecule has 11 heteroatoms. The molecule has 36 heavy (non-hydrogen) atoms. The number of benzene rings is 1. The molecule has 0 amide bonds. The second-order valence-electron chi connectivity index (χ2n) is 10.2. The highest BCUT2D eigenvalue weighted by molar-refractivity contribution is 5.81. The van der Waals surface area contributed by atoms with E-state index in [0.29, 0.717) is 24.3 Å². The van der Waals surface area contributed by atoms with Crippen LogP contribution >= 0.6 is 0 Å². The van der Waals surface area contributed by atoms with Crippen LogP contribution in [0.3, 0.4) is 0 Å². The van der Waals surface area contributed by atoms with Crippen LogP contribution < -0.4 is 5.73 Å². The largest absolute Gasteiger partial charge is 0.464 e. The molecule has 3 aromatic rings. The molecule has 1 fully saturated rings. The average molecular weight is 499 g/mol. The number of rotatable bonds is 8. The predicted octanol–water partition coefficient (Wildman–Crippen LogP) is 1.04. The van der Waals surface area contributed by atoms with E-state index in [4.69, 9.17) is 15.2 Å². The minimum absolute atomic E-state index is 0.0607. The number of nitrogens with two attached hydrogens (primary N) is 1. The van der Waals surface area contributed by atoms with Crippen LogP contribution in [0.25, 0.3) is 11.2 Å². The Hall–Kier alpha value is -3.12. The van der Waals surface area contributed by atoms with Gasteiger partial charge in [0.15, 0.2) is 17.7 Å². The Morgan fingerprint density at radius 2 is 1.89 bits per heavy atom. The Balaban J connectivity index is 1.25. The van der Waals surface area contributed by atoms with Crippen LogP contribution in [0.5, 0.6) is 0 Å². The first kappa shape index (κ1) is 26.0. The minimum atomic E-state index is -1.18. The molecule has 0 unspecified atom stereocenters. The molecule has 1 aliphatic rings. The van der Waals surface area contributed by atoms with Crippen molar-refractivity contribution in [2.75, 3.05) is 32.5 Å². The molecule has 2 aromatic heterocycles. The normalized spacial score (nSPS) is 22.4. The van der Waals surface area contributed by atoms with Gasteiger partial charge in [-0.3, -0.25) is 9.36 Å². The number of carbonyl (C=O) groups excluding carboxylic acids is 1. The zero-order chi connectivity index (χ0) is 26.0. The van der Waals surface area contributed by atoms with Crippen molar-refractivity contribution < 1.29 is 24.5 Å². The number of aromatic nitrogens is 4. The van der Waals surface area contributed by atoms with Gasteiger partial charge in [-0.05, 0) is 23.6 Å². The van der Waals surface area contributed by atoms with Gasteiger partial charge in [0.2, 0.25) is 0 Å². The molecule has 4 rings (SSSR count). The topological polar surface area (TPSA) is 149 Å². The third kappa shape index (κ3) is 5.65. The van der Waals surface area contributed by atoms with Crippen LogP contribution in [0.4, 0.5) is 5.82 Å². The van der Waals surface area contributed by atoms with Crippen molar-refractivity contribution in [3.63, 3.8) is 0 Å². The van der Waals surface area contributed by atoms with E-state index in [1.807, 2.05) is 36.2 Å². The van der Waals surface area contributed by atoms with Gasteiger partial charge in [0, 0.05) is 13.1 Å². The Bertz CT molecular complexity index is 1190. The SMILES string of the molecule is CN(CCOC(=O)Cc1ccc(C(C)(C)C)cc1)C[C@H]1O[C@@H](n2cnc3c(N)ncnc32)[C@H](O)[C@@H]1O. The zero-order valence-corrected chi connectivity index (χ0v) is 21.0. The molecule has 0 aliphatic carbocycles. The lowest BCUT2D eigenvalue weighted by Crippen LogP contribution is -2.39. The number of aliphatic hydroxyl groups excluding tert-OH is 2. The van der Waals surface area contributed by atoms with Gasteiger partial charge in [-0.2, -0.15) is 0 Å². The highest BCUT2D eigenvalue weighted by Gasteiger charge is 2.44. The van der Waals surface area contributed by atoms with Gasteiger partial charge in [-0.1, -0.05) is 45.0 Å². The molecular weight excluding hydrogens is 464 g/mol. The van der Waals surface area contributed by atoms with E-state index in [1.54, 1.807) is 0 Å². The molecule has 4 atom stereocenters. The first-order valence-electron chi connectivity index (χ1n) is 11.9. The monoisotopic (exact) mass is 498 g/mol. The number of likely N-dealkylation sites (N-methyl/N-ethyl adjacent to an activating group) is 1. The number of hydrogen-bond acceptors (Lipinski definition) is 10. The molecule has 1 aromatic carbocycles. The number of fused-ring (bicyclic) bond motifs is 1. The maximum atomic E-state index is 12.3. The Morgan fingerprint density at radius 3 is 2.58 bits per heavy atom. The number of ether oxygens (including phenoxy) is 2. The van der Waals surface area contributed by atoms with Crippen LogP contribution in [0.15, 0.2) is 36.9 Å². The summed E-state index contributed by atoms with van der Waals surface area (Å²) in [5.41, 5.74) is 8.82. The quantitative estimate of drug-likeness (QED) is 0.385. The molecule has 0 spiro atoms. The molecule has 11 nitrogen and oxygen atoms in total. The second kappa shape index (κ2) is 10.5. The molecule has 1 aliphatic heterocycles. The van der Waals surface area contributed by atoms with E-state index in [-0.39, 0.29) is 30.2 Å². The molecule has 0 bridgehead atoms. The summed E-state index contributed by atoms with van der Waals surface area (Å²) in [6.45, 7) is 7.41. The standard InChI is InChI=1S/C25H34N6O5/c1-25(2,3)16-7-5-15(6-8-16)11-18(32)35-10-9-30(4)12-17-20(33)21(34)24(36-17)31-14-29-19-22(26)27-13-28-23(19)31/h5-8,13-14,17,20-21,24,33-34H,9-12H2,1-4H3,(H2,26,27,28)/t17-,20-,21-,24-/m1/s1. The molecule has 0 radical (unpaired) electrons. The van der Waals surface area contributed by atoms with E-state index in [1.165, 1.54) is 22.8 Å². The van der Waals surface area contributed by atoms with Crippen molar-refractivity contribution in [1.82, 2.24) is 24.4 Å². The molecule has 3 heterocycles. The smallest absolute Gasteiger partial charge is 0.310 e. The number of nitrogens with zero attached hydrogens (tertiary/aromatic N) is 5. The van der Waals surface area contributed by atoms with Crippen molar-refractivity contribution >= 4 is 23.0 Å². The summed E-state index contributed by atoms with van der Waals surface area (Å²) in [5, 5.41) is 21.2. The van der Waals surface area contributed by atoms with E-state index in [0.717, 1.165) is 5.56 Å². The third-order valence-corrected chi connectivity index (χ3v) is 6.39.